The van der Waals surface area contributed by atoms with Gasteiger partial charge in [-0.1, -0.05) is 6.07 Å². The Kier molecular flexibility index (Phi) is 9.25. The van der Waals surface area contributed by atoms with Crippen LogP contribution >= 0.6 is 12.4 Å². The van der Waals surface area contributed by atoms with Crippen LogP contribution in [-0.2, 0) is 4.79 Å². The van der Waals surface area contributed by atoms with E-state index in [1.54, 1.807) is 0 Å². The number of carbonyl (C=O) groups is 1. The van der Waals surface area contributed by atoms with Crippen molar-refractivity contribution in [2.75, 3.05) is 39.8 Å². The minimum Gasteiger partial charge on any atom is -0.494 e. The lowest BCUT2D eigenvalue weighted by atomic mass is 10.0. The lowest BCUT2D eigenvalue weighted by Crippen LogP contribution is -2.45. The molecular formula is C19H31ClN2O3. The molecule has 1 saturated heterocycles. The van der Waals surface area contributed by atoms with Crippen LogP contribution < -0.4 is 4.74 Å². The van der Waals surface area contributed by atoms with Gasteiger partial charge in [0.05, 0.1) is 13.2 Å². The summed E-state index contributed by atoms with van der Waals surface area (Å²) in [6.45, 7) is 8.17. The predicted molar refractivity (Wildman–Crippen MR) is 103 cm³/mol. The van der Waals surface area contributed by atoms with Crippen molar-refractivity contribution in [3.63, 3.8) is 0 Å². The van der Waals surface area contributed by atoms with Gasteiger partial charge in [-0.2, -0.15) is 0 Å². The van der Waals surface area contributed by atoms with Crippen LogP contribution in [0.2, 0.25) is 0 Å². The number of aryl methyl sites for hydroxylation is 2. The van der Waals surface area contributed by atoms with E-state index in [1.165, 1.54) is 11.1 Å². The molecule has 5 nitrogen and oxygen atoms in total. The number of carboxylic acid groups (broad SMARTS) is 1. The summed E-state index contributed by atoms with van der Waals surface area (Å²) in [5.74, 6) is 0.213. The molecule has 1 heterocycles. The van der Waals surface area contributed by atoms with Crippen molar-refractivity contribution < 1.29 is 14.6 Å². The van der Waals surface area contributed by atoms with Crippen molar-refractivity contribution >= 4 is 18.4 Å². The summed E-state index contributed by atoms with van der Waals surface area (Å²) in [5.41, 5.74) is 2.47. The summed E-state index contributed by atoms with van der Waals surface area (Å²) in [5, 5.41) is 8.87. The van der Waals surface area contributed by atoms with Gasteiger partial charge < -0.3 is 14.7 Å². The number of piperidine rings is 1. The molecule has 0 spiro atoms. The molecule has 142 valence electrons. The number of rotatable bonds is 8. The molecule has 0 radical (unpaired) electrons. The smallest absolute Gasteiger partial charge is 0.317 e. The van der Waals surface area contributed by atoms with Gasteiger partial charge >= 0.3 is 5.97 Å². The quantitative estimate of drug-likeness (QED) is 0.713. The maximum Gasteiger partial charge on any atom is 0.317 e. The summed E-state index contributed by atoms with van der Waals surface area (Å²) in [4.78, 5) is 15.2. The third-order valence-corrected chi connectivity index (χ3v) is 4.65. The second kappa shape index (κ2) is 10.6. The van der Waals surface area contributed by atoms with Gasteiger partial charge in [0, 0.05) is 12.6 Å². The fraction of sp³-hybridized carbons (Fsp3) is 0.632. The van der Waals surface area contributed by atoms with Crippen molar-refractivity contribution in [2.24, 2.45) is 0 Å². The topological polar surface area (TPSA) is 53.0 Å². The van der Waals surface area contributed by atoms with E-state index in [0.29, 0.717) is 6.04 Å². The van der Waals surface area contributed by atoms with Gasteiger partial charge in [-0.3, -0.25) is 9.69 Å². The van der Waals surface area contributed by atoms with Crippen molar-refractivity contribution in [3.05, 3.63) is 29.3 Å². The molecule has 0 unspecified atom stereocenters. The molecule has 1 fully saturated rings. The summed E-state index contributed by atoms with van der Waals surface area (Å²) in [6.07, 6.45) is 3.10. The van der Waals surface area contributed by atoms with Gasteiger partial charge in [0.15, 0.2) is 0 Å². The van der Waals surface area contributed by atoms with E-state index < -0.39 is 5.97 Å². The Balaban J connectivity index is 0.00000312. The fourth-order valence-electron chi connectivity index (χ4n) is 3.42. The normalized spacial score (nSPS) is 15.8. The standard InChI is InChI=1S/C19H30N2O3.ClH/c1-15-11-16(2)13-18(12-15)24-10-4-7-21-8-5-17(6-9-21)20(3)14-19(22)23;/h11-13,17H,4-10,14H2,1-3H3,(H,22,23);1H. The molecule has 0 aliphatic carbocycles. The van der Waals surface area contributed by atoms with E-state index >= 15 is 0 Å². The zero-order chi connectivity index (χ0) is 17.5. The number of hydrogen-bond donors (Lipinski definition) is 1. The molecule has 0 aromatic heterocycles. The van der Waals surface area contributed by atoms with Crippen LogP contribution in [-0.4, -0.2) is 66.8 Å². The highest BCUT2D eigenvalue weighted by atomic mass is 35.5. The Hall–Kier alpha value is -1.30. The number of likely N-dealkylation sites (tertiary alicyclic amines) is 1. The van der Waals surface area contributed by atoms with E-state index in [4.69, 9.17) is 9.84 Å². The van der Waals surface area contributed by atoms with Crippen LogP contribution in [0, 0.1) is 13.8 Å². The Labute approximate surface area is 157 Å². The molecule has 2 rings (SSSR count). The fourth-order valence-corrected chi connectivity index (χ4v) is 3.42. The Bertz CT molecular complexity index is 525. The molecule has 0 amide bonds. The van der Waals surface area contributed by atoms with Gasteiger partial charge in [0.2, 0.25) is 0 Å². The van der Waals surface area contributed by atoms with Crippen molar-refractivity contribution in [1.82, 2.24) is 9.80 Å². The molecule has 25 heavy (non-hydrogen) atoms. The lowest BCUT2D eigenvalue weighted by molar-refractivity contribution is -0.138. The van der Waals surface area contributed by atoms with Crippen LogP contribution in [0.25, 0.3) is 0 Å². The highest BCUT2D eigenvalue weighted by Gasteiger charge is 2.23. The van der Waals surface area contributed by atoms with Gasteiger partial charge in [0.1, 0.15) is 5.75 Å². The highest BCUT2D eigenvalue weighted by Crippen LogP contribution is 2.17. The molecule has 6 heteroatoms. The molecule has 1 aliphatic heterocycles. The molecule has 0 saturated carbocycles. The minimum atomic E-state index is -0.747. The first-order chi connectivity index (χ1) is 11.4. The predicted octanol–water partition coefficient (Wildman–Crippen LogP) is 2.97. The largest absolute Gasteiger partial charge is 0.494 e. The highest BCUT2D eigenvalue weighted by molar-refractivity contribution is 5.85. The summed E-state index contributed by atoms with van der Waals surface area (Å²) < 4.78 is 5.86. The van der Waals surface area contributed by atoms with Crippen LogP contribution in [0.3, 0.4) is 0 Å². The number of aliphatic carboxylic acids is 1. The number of nitrogens with zero attached hydrogens (tertiary/aromatic N) is 2. The Morgan fingerprint density at radius 3 is 2.40 bits per heavy atom. The third-order valence-electron chi connectivity index (χ3n) is 4.65. The van der Waals surface area contributed by atoms with Crippen LogP contribution in [0.15, 0.2) is 18.2 Å². The van der Waals surface area contributed by atoms with Gasteiger partial charge in [-0.15, -0.1) is 12.4 Å². The first kappa shape index (κ1) is 21.7. The lowest BCUT2D eigenvalue weighted by Gasteiger charge is -2.36. The zero-order valence-corrected chi connectivity index (χ0v) is 16.3. The maximum absolute atomic E-state index is 10.8. The Morgan fingerprint density at radius 1 is 1.24 bits per heavy atom. The monoisotopic (exact) mass is 370 g/mol. The third kappa shape index (κ3) is 7.63. The van der Waals surface area contributed by atoms with E-state index in [2.05, 4.69) is 36.9 Å². The maximum atomic E-state index is 10.8. The number of likely N-dealkylation sites (N-methyl/N-ethyl adjacent to an activating group) is 1. The SMILES string of the molecule is Cc1cc(C)cc(OCCCN2CCC(N(C)CC(=O)O)CC2)c1.Cl. The van der Waals surface area contributed by atoms with Crippen molar-refractivity contribution in [3.8, 4) is 5.75 Å². The molecule has 1 aromatic rings. The van der Waals surface area contributed by atoms with E-state index in [0.717, 1.165) is 51.3 Å². The second-order valence-corrected chi connectivity index (χ2v) is 6.91. The number of halogens is 1. The molecule has 0 bridgehead atoms. The average molecular weight is 371 g/mol. The van der Waals surface area contributed by atoms with Gasteiger partial charge in [-0.25, -0.2) is 0 Å². The minimum absolute atomic E-state index is 0. The van der Waals surface area contributed by atoms with E-state index in [1.807, 2.05) is 11.9 Å². The van der Waals surface area contributed by atoms with Crippen LogP contribution in [0.4, 0.5) is 0 Å². The van der Waals surface area contributed by atoms with Crippen LogP contribution in [0.5, 0.6) is 5.75 Å². The Morgan fingerprint density at radius 2 is 1.84 bits per heavy atom. The molecule has 1 aliphatic rings. The summed E-state index contributed by atoms with van der Waals surface area (Å²) in [7, 11) is 1.91. The second-order valence-electron chi connectivity index (χ2n) is 6.91. The molecular weight excluding hydrogens is 340 g/mol. The first-order valence-electron chi connectivity index (χ1n) is 8.79. The van der Waals surface area contributed by atoms with Crippen molar-refractivity contribution in [1.29, 1.82) is 0 Å². The molecule has 0 atom stereocenters. The average Bonchev–Trinajstić information content (AvgIpc) is 2.50. The molecule has 1 aromatic carbocycles. The van der Waals surface area contributed by atoms with Gasteiger partial charge in [0.25, 0.3) is 0 Å². The number of hydrogen-bond acceptors (Lipinski definition) is 4. The number of ether oxygens (including phenoxy) is 1. The first-order valence-corrected chi connectivity index (χ1v) is 8.79. The van der Waals surface area contributed by atoms with E-state index in [-0.39, 0.29) is 19.0 Å². The van der Waals surface area contributed by atoms with Crippen molar-refractivity contribution in [2.45, 2.75) is 39.2 Å². The number of carboxylic acids is 1. The number of benzene rings is 1. The zero-order valence-electron chi connectivity index (χ0n) is 15.5. The molecule has 1 N–H and O–H groups in total. The summed E-state index contributed by atoms with van der Waals surface area (Å²) in [6, 6.07) is 6.70. The van der Waals surface area contributed by atoms with Gasteiger partial charge in [-0.05, 0) is 76.5 Å². The summed E-state index contributed by atoms with van der Waals surface area (Å²) >= 11 is 0. The van der Waals surface area contributed by atoms with E-state index in [9.17, 15) is 4.79 Å². The van der Waals surface area contributed by atoms with Crippen LogP contribution in [0.1, 0.15) is 30.4 Å².